The minimum Gasteiger partial charge on any atom is -0.468 e. The van der Waals surface area contributed by atoms with Gasteiger partial charge in [0.1, 0.15) is 0 Å². The summed E-state index contributed by atoms with van der Waals surface area (Å²) in [4.78, 5) is 16.5. The number of nitrogens with zero attached hydrogens (tertiary/aromatic N) is 5. The van der Waals surface area contributed by atoms with Gasteiger partial charge in [0.25, 0.3) is 0 Å². The molecule has 1 saturated heterocycles. The lowest BCUT2D eigenvalue weighted by atomic mass is 10.3. The first-order valence-corrected chi connectivity index (χ1v) is 6.27. The van der Waals surface area contributed by atoms with E-state index in [-0.39, 0.29) is 5.97 Å². The van der Waals surface area contributed by atoms with Gasteiger partial charge in [-0.2, -0.15) is 9.89 Å². The summed E-state index contributed by atoms with van der Waals surface area (Å²) in [7, 11) is 1.40. The van der Waals surface area contributed by atoms with Crippen LogP contribution in [0.1, 0.15) is 0 Å². The highest BCUT2D eigenvalue weighted by atomic mass is 16.5. The molecule has 1 aliphatic heterocycles. The molecule has 2 heterocycles. The fourth-order valence-electron chi connectivity index (χ4n) is 2.07. The van der Waals surface area contributed by atoms with Crippen LogP contribution in [0.15, 0.2) is 17.2 Å². The number of ether oxygens (including phenoxy) is 1. The molecular formula is C11H19N7O2. The predicted octanol–water partition coefficient (Wildman–Crippen LogP) is -2.33. The van der Waals surface area contributed by atoms with Crippen LogP contribution < -0.4 is 22.1 Å². The lowest BCUT2D eigenvalue weighted by Crippen LogP contribution is -2.49. The Morgan fingerprint density at radius 1 is 1.40 bits per heavy atom. The molecule has 0 unspecified atom stereocenters. The molecule has 0 bridgehead atoms. The number of carbonyl (C=O) groups is 1. The van der Waals surface area contributed by atoms with Crippen molar-refractivity contribution in [3.05, 3.63) is 17.6 Å². The van der Waals surface area contributed by atoms with Gasteiger partial charge in [0.05, 0.1) is 13.7 Å². The molecule has 0 aliphatic carbocycles. The summed E-state index contributed by atoms with van der Waals surface area (Å²) in [6, 6.07) is 3.54. The van der Waals surface area contributed by atoms with E-state index in [9.17, 15) is 4.79 Å². The molecule has 1 fully saturated rings. The molecule has 9 heteroatoms. The first-order chi connectivity index (χ1) is 9.63. The third kappa shape index (κ3) is 3.18. The molecule has 0 aromatic carbocycles. The van der Waals surface area contributed by atoms with Crippen molar-refractivity contribution in [3.8, 4) is 0 Å². The van der Waals surface area contributed by atoms with Crippen LogP contribution in [0, 0.1) is 0 Å². The largest absolute Gasteiger partial charge is 0.468 e. The van der Waals surface area contributed by atoms with E-state index >= 15 is 0 Å². The van der Waals surface area contributed by atoms with Crippen molar-refractivity contribution in [1.29, 1.82) is 0 Å². The van der Waals surface area contributed by atoms with E-state index in [0.29, 0.717) is 12.0 Å². The van der Waals surface area contributed by atoms with E-state index < -0.39 is 0 Å². The molecule has 0 radical (unpaired) electrons. The minimum absolute atomic E-state index is 0.217. The second kappa shape index (κ2) is 6.24. The van der Waals surface area contributed by atoms with Gasteiger partial charge in [0, 0.05) is 26.2 Å². The Labute approximate surface area is 116 Å². The summed E-state index contributed by atoms with van der Waals surface area (Å²) >= 11 is 0. The number of methoxy groups -OCH3 is 1. The Hall–Kier alpha value is -2.29. The summed E-state index contributed by atoms with van der Waals surface area (Å²) < 4.78 is 4.66. The highest BCUT2D eigenvalue weighted by Crippen LogP contribution is 2.11. The quantitative estimate of drug-likeness (QED) is 0.362. The van der Waals surface area contributed by atoms with Crippen LogP contribution in [0.4, 0.5) is 5.82 Å². The van der Waals surface area contributed by atoms with Gasteiger partial charge >= 0.3 is 5.97 Å². The number of piperazine rings is 1. The fraction of sp³-hybridized carbons (Fsp3) is 0.545. The zero-order chi connectivity index (χ0) is 14.5. The number of nitrogen functional groups attached to an aromatic ring is 1. The number of esters is 1. The maximum Gasteiger partial charge on any atom is 0.319 e. The highest BCUT2D eigenvalue weighted by Gasteiger charge is 2.20. The van der Waals surface area contributed by atoms with E-state index in [1.165, 1.54) is 7.11 Å². The molecule has 20 heavy (non-hydrogen) atoms. The second-order valence-corrected chi connectivity index (χ2v) is 4.46. The maximum atomic E-state index is 11.2. The smallest absolute Gasteiger partial charge is 0.319 e. The van der Waals surface area contributed by atoms with Gasteiger partial charge in [-0.1, -0.05) is 0 Å². The van der Waals surface area contributed by atoms with Gasteiger partial charge in [-0.25, -0.2) is 0 Å². The van der Waals surface area contributed by atoms with Crippen molar-refractivity contribution in [2.24, 2.45) is 10.9 Å². The molecule has 9 nitrogen and oxygen atoms in total. The Morgan fingerprint density at radius 2 is 2.10 bits per heavy atom. The number of aromatic nitrogens is 2. The maximum absolute atomic E-state index is 11.2. The fourth-order valence-corrected chi connectivity index (χ4v) is 2.07. The molecular weight excluding hydrogens is 262 g/mol. The van der Waals surface area contributed by atoms with Crippen LogP contribution in [-0.2, 0) is 9.53 Å². The standard InChI is InChI=1S/C11H19N7O2/c1-20-11(19)8-16-4-6-17(7-5-16)10-3-2-9(14-12)18(13)15-10/h2-3H,4-8,12-13H2,1H3/b14-9-. The summed E-state index contributed by atoms with van der Waals surface area (Å²) in [5.74, 6) is 11.4. The van der Waals surface area contributed by atoms with Crippen molar-refractivity contribution in [3.63, 3.8) is 0 Å². The van der Waals surface area contributed by atoms with Gasteiger partial charge in [0.2, 0.25) is 0 Å². The van der Waals surface area contributed by atoms with Gasteiger partial charge in [-0.3, -0.25) is 9.69 Å². The van der Waals surface area contributed by atoms with Crippen LogP contribution in [0.25, 0.3) is 0 Å². The molecule has 1 aromatic heterocycles. The first kappa shape index (κ1) is 14.1. The number of anilines is 1. The average Bonchev–Trinajstić information content (AvgIpc) is 2.47. The van der Waals surface area contributed by atoms with E-state index in [0.717, 1.165) is 36.8 Å². The van der Waals surface area contributed by atoms with Gasteiger partial charge in [0.15, 0.2) is 11.3 Å². The van der Waals surface area contributed by atoms with Crippen molar-refractivity contribution < 1.29 is 9.53 Å². The summed E-state index contributed by atoms with van der Waals surface area (Å²) in [6.45, 7) is 3.39. The molecule has 110 valence electrons. The van der Waals surface area contributed by atoms with E-state index in [4.69, 9.17) is 11.7 Å². The Bertz CT molecular complexity index is 534. The lowest BCUT2D eigenvalue weighted by molar-refractivity contribution is -0.142. The summed E-state index contributed by atoms with van der Waals surface area (Å²) in [5, 5.41) is 7.71. The van der Waals surface area contributed by atoms with Crippen LogP contribution in [-0.4, -0.2) is 60.6 Å². The van der Waals surface area contributed by atoms with Gasteiger partial charge in [-0.05, 0) is 12.1 Å². The number of rotatable bonds is 3. The van der Waals surface area contributed by atoms with E-state index in [1.807, 2.05) is 11.0 Å². The predicted molar refractivity (Wildman–Crippen MR) is 72.8 cm³/mol. The third-order valence-electron chi connectivity index (χ3n) is 3.24. The Morgan fingerprint density at radius 3 is 2.65 bits per heavy atom. The van der Waals surface area contributed by atoms with E-state index in [1.54, 1.807) is 6.07 Å². The zero-order valence-electron chi connectivity index (χ0n) is 11.4. The van der Waals surface area contributed by atoms with E-state index in [2.05, 4.69) is 19.8 Å². The molecule has 0 amide bonds. The zero-order valence-corrected chi connectivity index (χ0v) is 11.4. The van der Waals surface area contributed by atoms with Crippen molar-refractivity contribution >= 4 is 11.8 Å². The first-order valence-electron chi connectivity index (χ1n) is 6.27. The SMILES string of the molecule is COC(=O)CN1CCN(c2cc/c(=N/N)n(N)n2)CC1. The number of carbonyl (C=O) groups excluding carboxylic acids is 1. The molecule has 1 aromatic rings. The van der Waals surface area contributed by atoms with Gasteiger partial charge < -0.3 is 21.3 Å². The summed E-state index contributed by atoms with van der Waals surface area (Å²) in [6.07, 6.45) is 0. The Kier molecular flexibility index (Phi) is 4.41. The molecule has 1 aliphatic rings. The molecule has 2 rings (SSSR count). The molecule has 4 N–H and O–H groups in total. The van der Waals surface area contributed by atoms with Crippen LogP contribution in [0.5, 0.6) is 0 Å². The van der Waals surface area contributed by atoms with Crippen LogP contribution >= 0.6 is 0 Å². The number of hydrogen-bond donors (Lipinski definition) is 2. The summed E-state index contributed by atoms with van der Waals surface area (Å²) in [5.41, 5.74) is 0.401. The lowest BCUT2D eigenvalue weighted by Gasteiger charge is -2.34. The van der Waals surface area contributed by atoms with Crippen molar-refractivity contribution in [2.75, 3.05) is 50.6 Å². The monoisotopic (exact) mass is 281 g/mol. The van der Waals surface area contributed by atoms with Crippen LogP contribution in [0.2, 0.25) is 0 Å². The topological polar surface area (TPSA) is 115 Å². The molecule has 0 atom stereocenters. The molecule has 0 spiro atoms. The number of hydrogen-bond acceptors (Lipinski definition) is 8. The Balaban J connectivity index is 1.97. The van der Waals surface area contributed by atoms with Crippen molar-refractivity contribution in [1.82, 2.24) is 14.8 Å². The number of nitrogens with two attached hydrogens (primary N) is 2. The molecule has 0 saturated carbocycles. The highest BCUT2D eigenvalue weighted by molar-refractivity contribution is 5.71. The average molecular weight is 281 g/mol. The normalized spacial score (nSPS) is 17.2. The van der Waals surface area contributed by atoms with Crippen molar-refractivity contribution in [2.45, 2.75) is 0 Å². The van der Waals surface area contributed by atoms with Gasteiger partial charge in [-0.15, -0.1) is 5.10 Å². The second-order valence-electron chi connectivity index (χ2n) is 4.46. The third-order valence-corrected chi connectivity index (χ3v) is 3.24. The van der Waals surface area contributed by atoms with Crippen LogP contribution in [0.3, 0.4) is 0 Å². The minimum atomic E-state index is -0.217.